The summed E-state index contributed by atoms with van der Waals surface area (Å²) in [5, 5.41) is 3.00. The molecule has 0 aromatic carbocycles. The summed E-state index contributed by atoms with van der Waals surface area (Å²) in [5.74, 6) is -0.222. The summed E-state index contributed by atoms with van der Waals surface area (Å²) in [4.78, 5) is 15.1. The summed E-state index contributed by atoms with van der Waals surface area (Å²) >= 11 is 5.73. The van der Waals surface area contributed by atoms with E-state index < -0.39 is 0 Å². The molecule has 1 rings (SSSR count). The van der Waals surface area contributed by atoms with Crippen molar-refractivity contribution >= 4 is 17.5 Å². The minimum Gasteiger partial charge on any atom is -0.354 e. The number of amides is 1. The predicted octanol–water partition coefficient (Wildman–Crippen LogP) is 1.40. The van der Waals surface area contributed by atoms with Crippen molar-refractivity contribution in [1.82, 2.24) is 10.3 Å². The van der Waals surface area contributed by atoms with Gasteiger partial charge in [0.25, 0.3) is 5.91 Å². The van der Waals surface area contributed by atoms with E-state index >= 15 is 0 Å². The fourth-order valence-corrected chi connectivity index (χ4v) is 1.13. The maximum atomic E-state index is 11.1. The highest BCUT2D eigenvalue weighted by Crippen LogP contribution is 2.10. The van der Waals surface area contributed by atoms with Crippen LogP contribution in [0.15, 0.2) is 12.1 Å². The van der Waals surface area contributed by atoms with Gasteiger partial charge >= 0.3 is 0 Å². The van der Waals surface area contributed by atoms with Crippen LogP contribution in [0.3, 0.4) is 0 Å². The average molecular weight is 185 g/mol. The van der Waals surface area contributed by atoms with E-state index in [1.54, 1.807) is 20.0 Å². The van der Waals surface area contributed by atoms with E-state index in [0.29, 0.717) is 10.7 Å². The Labute approximate surface area is 75.8 Å². The molecule has 0 unspecified atom stereocenters. The molecule has 3 nitrogen and oxygen atoms in total. The lowest BCUT2D eigenvalue weighted by atomic mass is 10.3. The molecule has 0 aliphatic rings. The minimum absolute atomic E-state index is 0.222. The number of nitrogens with one attached hydrogen (secondary N) is 1. The Kier molecular flexibility index (Phi) is 2.65. The molecule has 0 atom stereocenters. The first-order valence-electron chi connectivity index (χ1n) is 3.50. The molecule has 1 aromatic rings. The van der Waals surface area contributed by atoms with Gasteiger partial charge in [-0.2, -0.15) is 0 Å². The summed E-state index contributed by atoms with van der Waals surface area (Å²) in [5.41, 5.74) is 1.09. The fourth-order valence-electron chi connectivity index (χ4n) is 0.871. The van der Waals surface area contributed by atoms with Gasteiger partial charge in [0.15, 0.2) is 0 Å². The number of rotatable bonds is 1. The van der Waals surface area contributed by atoms with E-state index in [0.717, 1.165) is 5.69 Å². The zero-order chi connectivity index (χ0) is 9.14. The molecule has 0 saturated carbocycles. The van der Waals surface area contributed by atoms with Crippen LogP contribution in [0.4, 0.5) is 0 Å². The third-order valence-electron chi connectivity index (χ3n) is 1.38. The van der Waals surface area contributed by atoms with Crippen molar-refractivity contribution in [3.8, 4) is 0 Å². The van der Waals surface area contributed by atoms with Crippen LogP contribution in [0, 0.1) is 6.92 Å². The van der Waals surface area contributed by atoms with Crippen LogP contribution in [0.25, 0.3) is 0 Å². The van der Waals surface area contributed by atoms with Crippen molar-refractivity contribution in [2.24, 2.45) is 0 Å². The van der Waals surface area contributed by atoms with Gasteiger partial charge in [0, 0.05) is 17.8 Å². The van der Waals surface area contributed by atoms with E-state index in [9.17, 15) is 4.79 Å². The first kappa shape index (κ1) is 9.00. The van der Waals surface area contributed by atoms with Gasteiger partial charge in [0.2, 0.25) is 0 Å². The van der Waals surface area contributed by atoms with Crippen molar-refractivity contribution < 1.29 is 4.79 Å². The van der Waals surface area contributed by atoms with Gasteiger partial charge < -0.3 is 5.32 Å². The Morgan fingerprint density at radius 3 is 2.75 bits per heavy atom. The van der Waals surface area contributed by atoms with Gasteiger partial charge in [0.1, 0.15) is 5.69 Å². The first-order chi connectivity index (χ1) is 5.63. The number of aryl methyl sites for hydroxylation is 1. The maximum Gasteiger partial charge on any atom is 0.269 e. The van der Waals surface area contributed by atoms with Crippen molar-refractivity contribution in [3.63, 3.8) is 0 Å². The Balaban J connectivity index is 3.08. The highest BCUT2D eigenvalue weighted by atomic mass is 35.5. The molecule has 0 spiro atoms. The molecule has 0 saturated heterocycles. The van der Waals surface area contributed by atoms with Gasteiger partial charge in [-0.3, -0.25) is 4.79 Å². The molecule has 1 N–H and O–H groups in total. The number of aromatic nitrogens is 1. The molecule has 0 aliphatic carbocycles. The molecule has 0 fully saturated rings. The Morgan fingerprint density at radius 2 is 2.25 bits per heavy atom. The number of halogens is 1. The number of carbonyl (C=O) groups is 1. The number of hydrogen-bond donors (Lipinski definition) is 1. The van der Waals surface area contributed by atoms with Crippen LogP contribution >= 0.6 is 11.6 Å². The third-order valence-corrected chi connectivity index (χ3v) is 1.60. The topological polar surface area (TPSA) is 42.0 Å². The second kappa shape index (κ2) is 3.54. The minimum atomic E-state index is -0.222. The maximum absolute atomic E-state index is 11.1. The van der Waals surface area contributed by atoms with Gasteiger partial charge in [0.05, 0.1) is 0 Å². The molecule has 1 amide bonds. The van der Waals surface area contributed by atoms with Crippen LogP contribution in [-0.4, -0.2) is 17.9 Å². The molecule has 0 radical (unpaired) electrons. The molecule has 1 aromatic heterocycles. The van der Waals surface area contributed by atoms with E-state index in [-0.39, 0.29) is 5.91 Å². The Hall–Kier alpha value is -1.09. The summed E-state index contributed by atoms with van der Waals surface area (Å²) in [7, 11) is 1.56. The largest absolute Gasteiger partial charge is 0.354 e. The SMILES string of the molecule is CNC(=O)c1cc(Cl)cc(C)n1. The third kappa shape index (κ3) is 1.95. The highest BCUT2D eigenvalue weighted by molar-refractivity contribution is 6.30. The van der Waals surface area contributed by atoms with Gasteiger partial charge in [-0.25, -0.2) is 4.98 Å². The second-order valence-corrected chi connectivity index (χ2v) is 2.83. The summed E-state index contributed by atoms with van der Waals surface area (Å²) in [6.45, 7) is 1.79. The van der Waals surface area contributed by atoms with Crippen molar-refractivity contribution in [1.29, 1.82) is 0 Å². The summed E-state index contributed by atoms with van der Waals surface area (Å²) < 4.78 is 0. The zero-order valence-electron chi connectivity index (χ0n) is 6.89. The monoisotopic (exact) mass is 184 g/mol. The molecule has 1 heterocycles. The molecule has 12 heavy (non-hydrogen) atoms. The Bertz CT molecular complexity index is 292. The van der Waals surface area contributed by atoms with Crippen LogP contribution in [-0.2, 0) is 0 Å². The van der Waals surface area contributed by atoms with Crippen LogP contribution in [0.1, 0.15) is 16.2 Å². The standard InChI is InChI=1S/C8H9ClN2O/c1-5-3-6(9)4-7(11-5)8(12)10-2/h3-4H,1-2H3,(H,10,12). The number of nitrogens with zero attached hydrogens (tertiary/aromatic N) is 1. The predicted molar refractivity (Wildman–Crippen MR) is 47.4 cm³/mol. The lowest BCUT2D eigenvalue weighted by molar-refractivity contribution is 0.0958. The van der Waals surface area contributed by atoms with Crippen LogP contribution in [0.5, 0.6) is 0 Å². The molecular formula is C8H9ClN2O. The molecular weight excluding hydrogens is 176 g/mol. The molecule has 64 valence electrons. The normalized spacial score (nSPS) is 9.58. The first-order valence-corrected chi connectivity index (χ1v) is 3.87. The van der Waals surface area contributed by atoms with E-state index in [2.05, 4.69) is 10.3 Å². The van der Waals surface area contributed by atoms with Crippen molar-refractivity contribution in [2.45, 2.75) is 6.92 Å². The smallest absolute Gasteiger partial charge is 0.269 e. The van der Waals surface area contributed by atoms with E-state index in [1.807, 2.05) is 0 Å². The van der Waals surface area contributed by atoms with Gasteiger partial charge in [-0.1, -0.05) is 11.6 Å². The molecule has 0 bridgehead atoms. The van der Waals surface area contributed by atoms with Crippen molar-refractivity contribution in [2.75, 3.05) is 7.05 Å². The summed E-state index contributed by atoms with van der Waals surface area (Å²) in [6.07, 6.45) is 0. The quantitative estimate of drug-likeness (QED) is 0.717. The van der Waals surface area contributed by atoms with Crippen molar-refractivity contribution in [3.05, 3.63) is 28.5 Å². The lowest BCUT2D eigenvalue weighted by Gasteiger charge is -2.00. The average Bonchev–Trinajstić information content (AvgIpc) is 2.01. The number of carbonyl (C=O) groups excluding carboxylic acids is 1. The fraction of sp³-hybridized carbons (Fsp3) is 0.250. The number of pyridine rings is 1. The lowest BCUT2D eigenvalue weighted by Crippen LogP contribution is -2.19. The van der Waals surface area contributed by atoms with Crippen LogP contribution < -0.4 is 5.32 Å². The molecule has 0 aliphatic heterocycles. The summed E-state index contributed by atoms with van der Waals surface area (Å²) in [6, 6.07) is 3.24. The zero-order valence-corrected chi connectivity index (χ0v) is 7.64. The Morgan fingerprint density at radius 1 is 1.58 bits per heavy atom. The van der Waals surface area contributed by atoms with Gasteiger partial charge in [-0.15, -0.1) is 0 Å². The highest BCUT2D eigenvalue weighted by Gasteiger charge is 2.05. The molecule has 4 heteroatoms. The second-order valence-electron chi connectivity index (χ2n) is 2.39. The number of hydrogen-bond acceptors (Lipinski definition) is 2. The van der Waals surface area contributed by atoms with E-state index in [4.69, 9.17) is 11.6 Å². The van der Waals surface area contributed by atoms with E-state index in [1.165, 1.54) is 6.07 Å². The van der Waals surface area contributed by atoms with Crippen LogP contribution in [0.2, 0.25) is 5.02 Å². The van der Waals surface area contributed by atoms with Gasteiger partial charge in [-0.05, 0) is 19.1 Å².